The average Bonchev–Trinajstić information content (AvgIpc) is 2.30. The Labute approximate surface area is 112 Å². The molecule has 0 saturated carbocycles. The minimum atomic E-state index is -0.119. The Balaban J connectivity index is 2.61. The Bertz CT molecular complexity index is 393. The Morgan fingerprint density at radius 1 is 1.47 bits per heavy atom. The van der Waals surface area contributed by atoms with E-state index in [2.05, 4.69) is 12.2 Å². The van der Waals surface area contributed by atoms with E-state index in [1.807, 2.05) is 6.92 Å². The number of carbonyl (C=O) groups excluding carboxylic acids is 1. The maximum Gasteiger partial charge on any atom is 0.251 e. The molecule has 1 amide bonds. The Morgan fingerprint density at radius 2 is 2.18 bits per heavy atom. The molecule has 1 atom stereocenters. The van der Waals surface area contributed by atoms with E-state index in [0.717, 1.165) is 18.4 Å². The number of hydrogen-bond donors (Lipinski definition) is 1. The second kappa shape index (κ2) is 6.87. The molecular formula is C13H17Cl2NO. The third kappa shape index (κ3) is 4.21. The van der Waals surface area contributed by atoms with Crippen molar-refractivity contribution in [3.8, 4) is 0 Å². The molecule has 0 fully saturated rings. The van der Waals surface area contributed by atoms with Gasteiger partial charge in [0.2, 0.25) is 0 Å². The zero-order chi connectivity index (χ0) is 12.8. The number of alkyl halides is 1. The highest BCUT2D eigenvalue weighted by Gasteiger charge is 2.12. The van der Waals surface area contributed by atoms with Gasteiger partial charge in [-0.1, -0.05) is 31.0 Å². The normalized spacial score (nSPS) is 12.2. The molecule has 0 aliphatic rings. The van der Waals surface area contributed by atoms with Crippen LogP contribution in [-0.2, 0) is 0 Å². The molecule has 17 heavy (non-hydrogen) atoms. The first kappa shape index (κ1) is 14.3. The lowest BCUT2D eigenvalue weighted by Gasteiger charge is -2.11. The highest BCUT2D eigenvalue weighted by atomic mass is 35.5. The van der Waals surface area contributed by atoms with Gasteiger partial charge in [0.1, 0.15) is 0 Å². The van der Waals surface area contributed by atoms with Gasteiger partial charge in [0, 0.05) is 17.1 Å². The van der Waals surface area contributed by atoms with E-state index >= 15 is 0 Å². The maximum atomic E-state index is 11.9. The fourth-order valence-electron chi connectivity index (χ4n) is 1.57. The topological polar surface area (TPSA) is 29.1 Å². The molecule has 1 unspecified atom stereocenters. The van der Waals surface area contributed by atoms with Crippen LogP contribution in [0.3, 0.4) is 0 Å². The first-order valence-electron chi connectivity index (χ1n) is 5.73. The van der Waals surface area contributed by atoms with Gasteiger partial charge in [0.15, 0.2) is 0 Å². The van der Waals surface area contributed by atoms with E-state index in [1.54, 1.807) is 18.2 Å². The van der Waals surface area contributed by atoms with Crippen molar-refractivity contribution < 1.29 is 4.79 Å². The molecule has 0 radical (unpaired) electrons. The predicted molar refractivity (Wildman–Crippen MR) is 73.1 cm³/mol. The first-order valence-corrected chi connectivity index (χ1v) is 6.55. The molecule has 0 spiro atoms. The van der Waals surface area contributed by atoms with Crippen LogP contribution >= 0.6 is 23.2 Å². The molecule has 1 aromatic carbocycles. The minimum absolute atomic E-state index is 0.0107. The lowest BCUT2D eigenvalue weighted by Crippen LogP contribution is -2.30. The summed E-state index contributed by atoms with van der Waals surface area (Å²) in [5, 5.41) is 3.42. The molecule has 94 valence electrons. The number of halogens is 2. The number of rotatable bonds is 5. The largest absolute Gasteiger partial charge is 0.351 e. The SMILES string of the molecule is CCCC(Cl)CNC(=O)c1cccc(Cl)c1C. The van der Waals surface area contributed by atoms with Crippen LogP contribution in [-0.4, -0.2) is 17.8 Å². The molecule has 4 heteroatoms. The monoisotopic (exact) mass is 273 g/mol. The van der Waals surface area contributed by atoms with Crippen LogP contribution in [0.4, 0.5) is 0 Å². The summed E-state index contributed by atoms with van der Waals surface area (Å²) in [4.78, 5) is 11.9. The third-order valence-corrected chi connectivity index (χ3v) is 3.38. The zero-order valence-corrected chi connectivity index (χ0v) is 11.6. The van der Waals surface area contributed by atoms with Gasteiger partial charge in [-0.3, -0.25) is 4.79 Å². The number of carbonyl (C=O) groups is 1. The van der Waals surface area contributed by atoms with E-state index in [4.69, 9.17) is 23.2 Å². The molecule has 1 rings (SSSR count). The Hall–Kier alpha value is -0.730. The van der Waals surface area contributed by atoms with Crippen LogP contribution in [0.25, 0.3) is 0 Å². The van der Waals surface area contributed by atoms with Crippen LogP contribution in [0.5, 0.6) is 0 Å². The van der Waals surface area contributed by atoms with Crippen molar-refractivity contribution in [2.45, 2.75) is 32.1 Å². The molecular weight excluding hydrogens is 257 g/mol. The summed E-state index contributed by atoms with van der Waals surface area (Å²) in [5.74, 6) is -0.119. The second-order valence-corrected chi connectivity index (χ2v) is 5.03. The number of benzene rings is 1. The third-order valence-electron chi connectivity index (χ3n) is 2.60. The summed E-state index contributed by atoms with van der Waals surface area (Å²) in [5.41, 5.74) is 1.41. The van der Waals surface area contributed by atoms with Crippen molar-refractivity contribution in [1.29, 1.82) is 0 Å². The fourth-order valence-corrected chi connectivity index (χ4v) is 2.04. The highest BCUT2D eigenvalue weighted by Crippen LogP contribution is 2.18. The van der Waals surface area contributed by atoms with Gasteiger partial charge in [0.05, 0.1) is 5.38 Å². The lowest BCUT2D eigenvalue weighted by molar-refractivity contribution is 0.0952. The molecule has 1 aromatic rings. The molecule has 0 bridgehead atoms. The highest BCUT2D eigenvalue weighted by molar-refractivity contribution is 6.31. The number of hydrogen-bond acceptors (Lipinski definition) is 1. The molecule has 0 saturated heterocycles. The molecule has 0 heterocycles. The van der Waals surface area contributed by atoms with Crippen LogP contribution < -0.4 is 5.32 Å². The minimum Gasteiger partial charge on any atom is -0.351 e. The summed E-state index contributed by atoms with van der Waals surface area (Å²) >= 11 is 12.0. The van der Waals surface area contributed by atoms with Gasteiger partial charge in [-0.2, -0.15) is 0 Å². The number of amides is 1. The van der Waals surface area contributed by atoms with Gasteiger partial charge in [-0.05, 0) is 31.0 Å². The van der Waals surface area contributed by atoms with Crippen LogP contribution in [0.2, 0.25) is 5.02 Å². The summed E-state index contributed by atoms with van der Waals surface area (Å²) in [6, 6.07) is 5.31. The van der Waals surface area contributed by atoms with Crippen molar-refractivity contribution in [3.63, 3.8) is 0 Å². The Kier molecular flexibility index (Phi) is 5.79. The second-order valence-electron chi connectivity index (χ2n) is 4.01. The summed E-state index contributed by atoms with van der Waals surface area (Å²) in [6.07, 6.45) is 1.91. The Morgan fingerprint density at radius 3 is 2.82 bits per heavy atom. The van der Waals surface area contributed by atoms with Gasteiger partial charge >= 0.3 is 0 Å². The summed E-state index contributed by atoms with van der Waals surface area (Å²) in [7, 11) is 0. The molecule has 0 aromatic heterocycles. The van der Waals surface area contributed by atoms with Crippen molar-refractivity contribution in [2.24, 2.45) is 0 Å². The van der Waals surface area contributed by atoms with Gasteiger partial charge in [-0.15, -0.1) is 11.6 Å². The van der Waals surface area contributed by atoms with E-state index in [9.17, 15) is 4.79 Å². The standard InChI is InChI=1S/C13H17Cl2NO/c1-3-5-10(14)8-16-13(17)11-6-4-7-12(15)9(11)2/h4,6-7,10H,3,5,8H2,1-2H3,(H,16,17). The first-order chi connectivity index (χ1) is 8.06. The lowest BCUT2D eigenvalue weighted by atomic mass is 10.1. The fraction of sp³-hybridized carbons (Fsp3) is 0.462. The predicted octanol–water partition coefficient (Wildman–Crippen LogP) is 3.79. The van der Waals surface area contributed by atoms with E-state index in [1.165, 1.54) is 0 Å². The smallest absolute Gasteiger partial charge is 0.251 e. The maximum absolute atomic E-state index is 11.9. The van der Waals surface area contributed by atoms with E-state index in [-0.39, 0.29) is 11.3 Å². The molecule has 0 aliphatic carbocycles. The molecule has 2 nitrogen and oxygen atoms in total. The number of nitrogens with one attached hydrogen (secondary N) is 1. The van der Waals surface area contributed by atoms with Gasteiger partial charge in [0.25, 0.3) is 5.91 Å². The quantitative estimate of drug-likeness (QED) is 0.813. The van der Waals surface area contributed by atoms with Gasteiger partial charge < -0.3 is 5.32 Å². The zero-order valence-electron chi connectivity index (χ0n) is 10.1. The van der Waals surface area contributed by atoms with E-state index in [0.29, 0.717) is 17.1 Å². The summed E-state index contributed by atoms with van der Waals surface area (Å²) < 4.78 is 0. The van der Waals surface area contributed by atoms with Gasteiger partial charge in [-0.25, -0.2) is 0 Å². The average molecular weight is 274 g/mol. The van der Waals surface area contributed by atoms with E-state index < -0.39 is 0 Å². The van der Waals surface area contributed by atoms with Crippen molar-refractivity contribution in [1.82, 2.24) is 5.32 Å². The molecule has 1 N–H and O–H groups in total. The van der Waals surface area contributed by atoms with Crippen LogP contribution in [0, 0.1) is 6.92 Å². The van der Waals surface area contributed by atoms with Crippen molar-refractivity contribution in [2.75, 3.05) is 6.54 Å². The molecule has 0 aliphatic heterocycles. The summed E-state index contributed by atoms with van der Waals surface area (Å²) in [6.45, 7) is 4.39. The van der Waals surface area contributed by atoms with Crippen molar-refractivity contribution in [3.05, 3.63) is 34.3 Å². The van der Waals surface area contributed by atoms with Crippen LogP contribution in [0.1, 0.15) is 35.7 Å². The van der Waals surface area contributed by atoms with Crippen LogP contribution in [0.15, 0.2) is 18.2 Å². The van der Waals surface area contributed by atoms with Crippen molar-refractivity contribution >= 4 is 29.1 Å².